The van der Waals surface area contributed by atoms with E-state index in [0.29, 0.717) is 12.1 Å². The van der Waals surface area contributed by atoms with Crippen molar-refractivity contribution in [3.63, 3.8) is 0 Å². The van der Waals surface area contributed by atoms with E-state index in [9.17, 15) is 23.1 Å². The standard InChI is InChI=1S/C23H22N2O5S/c1-14-9-10-19-18(11-14)16-6-4-7-20(27)22(16)24(19)12-15(26)13-25-23(28)17-5-2-3-8-21(17)31(25,29)30/h2-3,5,8-11,15,26H,4,6-7,12-13H2,1H3/t15-/m0/s1. The van der Waals surface area contributed by atoms with Gasteiger partial charge in [-0.2, -0.15) is 0 Å². The smallest absolute Gasteiger partial charge is 0.269 e. The average Bonchev–Trinajstić information content (AvgIpc) is 3.14. The van der Waals surface area contributed by atoms with Crippen molar-refractivity contribution in [1.29, 1.82) is 0 Å². The summed E-state index contributed by atoms with van der Waals surface area (Å²) in [4.78, 5) is 25.3. The molecule has 160 valence electrons. The lowest BCUT2D eigenvalue weighted by molar-refractivity contribution is 0.0767. The summed E-state index contributed by atoms with van der Waals surface area (Å²) in [5.74, 6) is -0.611. The van der Waals surface area contributed by atoms with E-state index in [1.807, 2.05) is 25.1 Å². The van der Waals surface area contributed by atoms with E-state index in [-0.39, 0.29) is 29.3 Å². The molecule has 0 bridgehead atoms. The predicted molar refractivity (Wildman–Crippen MR) is 115 cm³/mol. The molecule has 0 saturated carbocycles. The first kappa shape index (κ1) is 20.0. The molecule has 2 heterocycles. The van der Waals surface area contributed by atoms with Crippen LogP contribution in [-0.4, -0.2) is 46.7 Å². The Morgan fingerprint density at radius 3 is 2.61 bits per heavy atom. The molecule has 1 aliphatic carbocycles. The topological polar surface area (TPSA) is 96.7 Å². The lowest BCUT2D eigenvalue weighted by atomic mass is 9.94. The minimum atomic E-state index is -4.00. The maximum absolute atomic E-state index is 12.8. The van der Waals surface area contributed by atoms with E-state index in [2.05, 4.69) is 0 Å². The number of hydrogen-bond donors (Lipinski definition) is 1. The molecule has 1 amide bonds. The van der Waals surface area contributed by atoms with Crippen LogP contribution in [-0.2, 0) is 23.0 Å². The highest BCUT2D eigenvalue weighted by atomic mass is 32.2. The number of nitrogens with zero attached hydrogens (tertiary/aromatic N) is 2. The molecule has 5 rings (SSSR count). The number of aliphatic hydroxyl groups is 1. The van der Waals surface area contributed by atoms with Gasteiger partial charge in [0.1, 0.15) is 4.90 Å². The van der Waals surface area contributed by atoms with Gasteiger partial charge in [-0.25, -0.2) is 12.7 Å². The average molecular weight is 439 g/mol. The molecule has 2 aromatic carbocycles. The van der Waals surface area contributed by atoms with Gasteiger partial charge in [0, 0.05) is 17.3 Å². The van der Waals surface area contributed by atoms with Crippen LogP contribution in [0.2, 0.25) is 0 Å². The first-order valence-corrected chi connectivity index (χ1v) is 11.7. The van der Waals surface area contributed by atoms with Gasteiger partial charge in [0.25, 0.3) is 15.9 Å². The van der Waals surface area contributed by atoms with Gasteiger partial charge in [0.15, 0.2) is 5.78 Å². The number of carbonyl (C=O) groups is 2. The van der Waals surface area contributed by atoms with E-state index in [1.54, 1.807) is 16.7 Å². The molecule has 3 aromatic rings. The Morgan fingerprint density at radius 1 is 1.06 bits per heavy atom. The van der Waals surface area contributed by atoms with Crippen molar-refractivity contribution in [3.05, 3.63) is 64.8 Å². The Morgan fingerprint density at radius 2 is 1.84 bits per heavy atom. The number of aromatic nitrogens is 1. The van der Waals surface area contributed by atoms with E-state index in [1.165, 1.54) is 12.1 Å². The second-order valence-electron chi connectivity index (χ2n) is 8.23. The summed E-state index contributed by atoms with van der Waals surface area (Å²) in [5.41, 5.74) is 3.61. The van der Waals surface area contributed by atoms with Crippen LogP contribution >= 0.6 is 0 Å². The summed E-state index contributed by atoms with van der Waals surface area (Å²) >= 11 is 0. The zero-order valence-corrected chi connectivity index (χ0v) is 17.9. The maximum atomic E-state index is 12.8. The fourth-order valence-electron chi connectivity index (χ4n) is 4.71. The van der Waals surface area contributed by atoms with Crippen LogP contribution in [0.4, 0.5) is 0 Å². The number of β-amino-alcohol motifs (C(OH)–C–C–N with tert-alkyl or cyclic N) is 1. The van der Waals surface area contributed by atoms with Crippen molar-refractivity contribution in [2.24, 2.45) is 0 Å². The van der Waals surface area contributed by atoms with Gasteiger partial charge in [0.2, 0.25) is 0 Å². The molecule has 0 saturated heterocycles. The molecule has 1 N–H and O–H groups in total. The van der Waals surface area contributed by atoms with E-state index in [4.69, 9.17) is 0 Å². The third-order valence-corrected chi connectivity index (χ3v) is 7.91. The van der Waals surface area contributed by atoms with Crippen molar-refractivity contribution in [2.75, 3.05) is 6.54 Å². The van der Waals surface area contributed by atoms with Crippen LogP contribution in [0.25, 0.3) is 10.9 Å². The summed E-state index contributed by atoms with van der Waals surface area (Å²) < 4.78 is 28.1. The number of fused-ring (bicyclic) bond motifs is 4. The Hall–Kier alpha value is -2.97. The van der Waals surface area contributed by atoms with E-state index in [0.717, 1.165) is 39.2 Å². The summed E-state index contributed by atoms with van der Waals surface area (Å²) in [7, 11) is -4.00. The number of carbonyl (C=O) groups excluding carboxylic acids is 2. The Bertz CT molecular complexity index is 1360. The minimum Gasteiger partial charge on any atom is -0.389 e. The number of amides is 1. The lowest BCUT2D eigenvalue weighted by Gasteiger charge is -2.22. The number of benzene rings is 2. The monoisotopic (exact) mass is 438 g/mol. The number of rotatable bonds is 4. The van der Waals surface area contributed by atoms with Crippen LogP contribution in [0.5, 0.6) is 0 Å². The van der Waals surface area contributed by atoms with Crippen LogP contribution < -0.4 is 0 Å². The van der Waals surface area contributed by atoms with Gasteiger partial charge in [-0.15, -0.1) is 0 Å². The molecular formula is C23H22N2O5S. The summed E-state index contributed by atoms with van der Waals surface area (Å²) in [6, 6.07) is 12.0. The van der Waals surface area contributed by atoms with Crippen LogP contribution in [0.1, 0.15) is 44.8 Å². The van der Waals surface area contributed by atoms with Crippen LogP contribution in [0, 0.1) is 6.92 Å². The Balaban J connectivity index is 1.50. The SMILES string of the molecule is Cc1ccc2c(c1)c1c(n2C[C@H](O)CN2C(=O)c3ccccc3S2(=O)=O)C(=O)CCC1. The molecular weight excluding hydrogens is 416 g/mol. The molecule has 0 spiro atoms. The zero-order valence-electron chi connectivity index (χ0n) is 17.0. The van der Waals surface area contributed by atoms with Crippen molar-refractivity contribution < 1.29 is 23.1 Å². The quantitative estimate of drug-likeness (QED) is 0.676. The summed E-state index contributed by atoms with van der Waals surface area (Å²) in [6.07, 6.45) is 0.870. The number of sulfonamides is 1. The number of hydrogen-bond acceptors (Lipinski definition) is 5. The number of aliphatic hydroxyl groups excluding tert-OH is 1. The van der Waals surface area contributed by atoms with Crippen molar-refractivity contribution in [3.8, 4) is 0 Å². The molecule has 7 nitrogen and oxygen atoms in total. The lowest BCUT2D eigenvalue weighted by Crippen LogP contribution is -2.39. The normalized spacial score (nSPS) is 18.3. The highest BCUT2D eigenvalue weighted by Crippen LogP contribution is 2.34. The molecule has 2 aliphatic rings. The highest BCUT2D eigenvalue weighted by molar-refractivity contribution is 7.90. The van der Waals surface area contributed by atoms with Crippen molar-refractivity contribution in [2.45, 2.75) is 43.7 Å². The molecule has 0 fully saturated rings. The Labute approximate surface area is 179 Å². The summed E-state index contributed by atoms with van der Waals surface area (Å²) in [5, 5.41) is 11.8. The largest absolute Gasteiger partial charge is 0.389 e. The molecule has 1 aliphatic heterocycles. The third kappa shape index (κ3) is 3.01. The highest BCUT2D eigenvalue weighted by Gasteiger charge is 2.41. The van der Waals surface area contributed by atoms with Gasteiger partial charge < -0.3 is 9.67 Å². The van der Waals surface area contributed by atoms with Gasteiger partial charge >= 0.3 is 0 Å². The van der Waals surface area contributed by atoms with Gasteiger partial charge in [0.05, 0.1) is 30.5 Å². The number of ketones is 1. The second-order valence-corrected chi connectivity index (χ2v) is 10.1. The fraction of sp³-hybridized carbons (Fsp3) is 0.304. The summed E-state index contributed by atoms with van der Waals surface area (Å²) in [6.45, 7) is 1.64. The first-order chi connectivity index (χ1) is 14.8. The molecule has 0 unspecified atom stereocenters. The molecule has 8 heteroatoms. The van der Waals surface area contributed by atoms with Crippen molar-refractivity contribution >= 4 is 32.6 Å². The predicted octanol–water partition coefficient (Wildman–Crippen LogP) is 2.67. The van der Waals surface area contributed by atoms with Gasteiger partial charge in [-0.05, 0) is 49.6 Å². The van der Waals surface area contributed by atoms with Crippen molar-refractivity contribution in [1.82, 2.24) is 8.87 Å². The molecule has 1 atom stereocenters. The number of aryl methyl sites for hydroxylation is 2. The van der Waals surface area contributed by atoms with Crippen LogP contribution in [0.15, 0.2) is 47.4 Å². The van der Waals surface area contributed by atoms with Gasteiger partial charge in [-0.1, -0.05) is 23.8 Å². The van der Waals surface area contributed by atoms with Gasteiger partial charge in [-0.3, -0.25) is 9.59 Å². The van der Waals surface area contributed by atoms with E-state index < -0.39 is 22.0 Å². The molecule has 0 radical (unpaired) electrons. The maximum Gasteiger partial charge on any atom is 0.269 e. The molecule has 1 aromatic heterocycles. The molecule has 31 heavy (non-hydrogen) atoms. The Kier molecular flexibility index (Phi) is 4.53. The fourth-order valence-corrected chi connectivity index (χ4v) is 6.32. The minimum absolute atomic E-state index is 0.0241. The first-order valence-electron chi connectivity index (χ1n) is 10.3. The van der Waals surface area contributed by atoms with E-state index >= 15 is 0 Å². The number of Topliss-reactive ketones (excluding diaryl/α,β-unsaturated/α-hetero) is 1. The third-order valence-electron chi connectivity index (χ3n) is 6.10. The second kappa shape index (κ2) is 7.03. The van der Waals surface area contributed by atoms with Crippen LogP contribution in [0.3, 0.4) is 0 Å². The zero-order chi connectivity index (χ0) is 21.9.